The SMILES string of the molecule is O=C(O)CN1CC[Se]CC1. The third-order valence-corrected chi connectivity index (χ3v) is 3.44. The van der Waals surface area contributed by atoms with Crippen LogP contribution in [0.25, 0.3) is 0 Å². The van der Waals surface area contributed by atoms with E-state index >= 15 is 0 Å². The quantitative estimate of drug-likeness (QED) is 0.645. The fourth-order valence-corrected chi connectivity index (χ4v) is 3.00. The average molecular weight is 208 g/mol. The minimum absolute atomic E-state index is 0.232. The van der Waals surface area contributed by atoms with Crippen molar-refractivity contribution in [3.05, 3.63) is 0 Å². The Balaban J connectivity index is 2.19. The Labute approximate surface area is 66.6 Å². The summed E-state index contributed by atoms with van der Waals surface area (Å²) in [5.74, 6) is -0.700. The summed E-state index contributed by atoms with van der Waals surface area (Å²) in [5, 5.41) is 10.9. The molecule has 0 radical (unpaired) electrons. The van der Waals surface area contributed by atoms with Gasteiger partial charge in [0.05, 0.1) is 0 Å². The Kier molecular flexibility index (Phi) is 3.19. The van der Waals surface area contributed by atoms with Crippen molar-refractivity contribution in [3.63, 3.8) is 0 Å². The molecule has 3 nitrogen and oxygen atoms in total. The van der Waals surface area contributed by atoms with Crippen molar-refractivity contribution in [2.24, 2.45) is 0 Å². The molecule has 1 aliphatic heterocycles. The van der Waals surface area contributed by atoms with Gasteiger partial charge in [-0.15, -0.1) is 0 Å². The summed E-state index contributed by atoms with van der Waals surface area (Å²) in [4.78, 5) is 12.2. The van der Waals surface area contributed by atoms with E-state index in [-0.39, 0.29) is 6.54 Å². The summed E-state index contributed by atoms with van der Waals surface area (Å²) in [6.45, 7) is 2.22. The van der Waals surface area contributed by atoms with E-state index in [0.717, 1.165) is 28.0 Å². The van der Waals surface area contributed by atoms with Gasteiger partial charge in [0.1, 0.15) is 0 Å². The summed E-state index contributed by atoms with van der Waals surface area (Å²) in [6, 6.07) is 0. The Morgan fingerprint density at radius 1 is 1.50 bits per heavy atom. The molecule has 0 amide bonds. The second-order valence-electron chi connectivity index (χ2n) is 2.28. The third-order valence-electron chi connectivity index (χ3n) is 1.46. The normalized spacial score (nSPS) is 20.8. The van der Waals surface area contributed by atoms with Gasteiger partial charge in [0.25, 0.3) is 0 Å². The van der Waals surface area contributed by atoms with Crippen LogP contribution in [0, 0.1) is 0 Å². The molecule has 1 aliphatic rings. The van der Waals surface area contributed by atoms with Crippen LogP contribution in [-0.4, -0.2) is 50.6 Å². The van der Waals surface area contributed by atoms with E-state index in [0.29, 0.717) is 0 Å². The standard InChI is InChI=1S/C6H11NO2Se/c8-6(9)5-7-1-3-10-4-2-7/h1-5H2,(H,8,9). The summed E-state index contributed by atoms with van der Waals surface area (Å²) in [7, 11) is 0. The van der Waals surface area contributed by atoms with E-state index in [2.05, 4.69) is 0 Å². The van der Waals surface area contributed by atoms with Crippen LogP contribution < -0.4 is 0 Å². The Morgan fingerprint density at radius 2 is 2.10 bits per heavy atom. The van der Waals surface area contributed by atoms with Crippen molar-refractivity contribution in [2.75, 3.05) is 19.6 Å². The van der Waals surface area contributed by atoms with Crippen molar-refractivity contribution in [3.8, 4) is 0 Å². The maximum atomic E-state index is 10.2. The molecule has 10 heavy (non-hydrogen) atoms. The molecule has 0 aliphatic carbocycles. The van der Waals surface area contributed by atoms with Crippen molar-refractivity contribution < 1.29 is 9.90 Å². The van der Waals surface area contributed by atoms with Gasteiger partial charge in [-0.25, -0.2) is 0 Å². The molecule has 0 aromatic heterocycles. The van der Waals surface area contributed by atoms with Gasteiger partial charge in [-0.3, -0.25) is 0 Å². The van der Waals surface area contributed by atoms with Crippen molar-refractivity contribution in [1.29, 1.82) is 0 Å². The number of hydrogen-bond donors (Lipinski definition) is 1. The molecule has 0 bridgehead atoms. The summed E-state index contributed by atoms with van der Waals surface area (Å²) in [6.07, 6.45) is 0. The predicted molar refractivity (Wildman–Crippen MR) is 39.4 cm³/mol. The van der Waals surface area contributed by atoms with Gasteiger partial charge >= 0.3 is 66.0 Å². The van der Waals surface area contributed by atoms with Gasteiger partial charge in [-0.1, -0.05) is 0 Å². The number of rotatable bonds is 2. The molecule has 0 saturated carbocycles. The fraction of sp³-hybridized carbons (Fsp3) is 0.833. The van der Waals surface area contributed by atoms with Gasteiger partial charge < -0.3 is 0 Å². The molecule has 1 N–H and O–H groups in total. The molecular formula is C6H11NO2Se. The van der Waals surface area contributed by atoms with Crippen LogP contribution in [0.15, 0.2) is 0 Å². The summed E-state index contributed by atoms with van der Waals surface area (Å²) in [5.41, 5.74) is 0. The Bertz CT molecular complexity index is 123. The van der Waals surface area contributed by atoms with Crippen molar-refractivity contribution >= 4 is 20.9 Å². The first-order valence-electron chi connectivity index (χ1n) is 3.31. The molecule has 0 spiro atoms. The first-order chi connectivity index (χ1) is 4.79. The van der Waals surface area contributed by atoms with Crippen LogP contribution in [-0.2, 0) is 4.79 Å². The zero-order valence-electron chi connectivity index (χ0n) is 5.75. The molecule has 58 valence electrons. The Morgan fingerprint density at radius 3 is 2.60 bits per heavy atom. The molecule has 1 saturated heterocycles. The number of hydrogen-bond acceptors (Lipinski definition) is 2. The first-order valence-corrected chi connectivity index (χ1v) is 5.73. The van der Waals surface area contributed by atoms with E-state index in [1.807, 2.05) is 4.90 Å². The number of aliphatic carboxylic acids is 1. The maximum absolute atomic E-state index is 10.2. The van der Waals surface area contributed by atoms with E-state index in [1.165, 1.54) is 10.6 Å². The van der Waals surface area contributed by atoms with Crippen LogP contribution in [0.2, 0.25) is 10.6 Å². The van der Waals surface area contributed by atoms with Gasteiger partial charge in [-0.2, -0.15) is 0 Å². The first kappa shape index (κ1) is 8.05. The van der Waals surface area contributed by atoms with E-state index in [1.54, 1.807) is 0 Å². The average Bonchev–Trinajstić information content (AvgIpc) is 1.88. The molecule has 4 heteroatoms. The number of carbonyl (C=O) groups is 1. The molecule has 1 rings (SSSR count). The minimum atomic E-state index is -0.700. The van der Waals surface area contributed by atoms with Gasteiger partial charge in [0, 0.05) is 0 Å². The summed E-state index contributed by atoms with van der Waals surface area (Å²) >= 11 is 0.787. The van der Waals surface area contributed by atoms with Crippen LogP contribution in [0.3, 0.4) is 0 Å². The van der Waals surface area contributed by atoms with Crippen LogP contribution in [0.4, 0.5) is 0 Å². The van der Waals surface area contributed by atoms with Crippen molar-refractivity contribution in [2.45, 2.75) is 10.6 Å². The van der Waals surface area contributed by atoms with Gasteiger partial charge in [0.2, 0.25) is 0 Å². The van der Waals surface area contributed by atoms with Crippen LogP contribution >= 0.6 is 0 Å². The Hall–Kier alpha value is -0.0505. The van der Waals surface area contributed by atoms with E-state index in [4.69, 9.17) is 5.11 Å². The molecule has 0 aromatic rings. The van der Waals surface area contributed by atoms with Gasteiger partial charge in [0.15, 0.2) is 0 Å². The van der Waals surface area contributed by atoms with E-state index < -0.39 is 5.97 Å². The second-order valence-corrected chi connectivity index (χ2v) is 4.85. The topological polar surface area (TPSA) is 40.5 Å². The molecular weight excluding hydrogens is 197 g/mol. The predicted octanol–water partition coefficient (Wildman–Crippen LogP) is -0.0726. The monoisotopic (exact) mass is 209 g/mol. The van der Waals surface area contributed by atoms with Crippen LogP contribution in [0.5, 0.6) is 0 Å². The summed E-state index contributed by atoms with van der Waals surface area (Å²) < 4.78 is 0. The molecule has 0 unspecified atom stereocenters. The zero-order chi connectivity index (χ0) is 7.40. The molecule has 0 aromatic carbocycles. The molecule has 0 atom stereocenters. The van der Waals surface area contributed by atoms with E-state index in [9.17, 15) is 4.79 Å². The molecule has 1 heterocycles. The number of nitrogens with zero attached hydrogens (tertiary/aromatic N) is 1. The third kappa shape index (κ3) is 2.69. The zero-order valence-corrected chi connectivity index (χ0v) is 7.46. The van der Waals surface area contributed by atoms with Gasteiger partial charge in [-0.05, 0) is 0 Å². The number of carboxylic acids is 1. The molecule has 1 fully saturated rings. The van der Waals surface area contributed by atoms with Crippen molar-refractivity contribution in [1.82, 2.24) is 4.90 Å². The van der Waals surface area contributed by atoms with Crippen LogP contribution in [0.1, 0.15) is 0 Å². The fourth-order valence-electron chi connectivity index (χ4n) is 0.951. The number of carboxylic acid groups (broad SMARTS) is 1. The second kappa shape index (κ2) is 3.96.